The number of aryl methyl sites for hydroxylation is 2. The molecule has 2 saturated heterocycles. The number of nitrogens with zero attached hydrogens (tertiary/aromatic N) is 4. The van der Waals surface area contributed by atoms with Crippen molar-refractivity contribution in [3.63, 3.8) is 0 Å². The van der Waals surface area contributed by atoms with Crippen LogP contribution in [0.3, 0.4) is 0 Å². The van der Waals surface area contributed by atoms with Gasteiger partial charge in [-0.1, -0.05) is 0 Å². The zero-order chi connectivity index (χ0) is 14.7. The molecule has 0 bridgehead atoms. The molecule has 118 valence electrons. The molecule has 2 aliphatic heterocycles. The number of hydrogen-bond acceptors (Lipinski definition) is 5. The van der Waals surface area contributed by atoms with Gasteiger partial charge in [0.05, 0.1) is 25.4 Å². The van der Waals surface area contributed by atoms with Gasteiger partial charge in [0.2, 0.25) is 0 Å². The summed E-state index contributed by atoms with van der Waals surface area (Å²) >= 11 is 0. The monoisotopic (exact) mass is 294 g/mol. The van der Waals surface area contributed by atoms with E-state index in [-0.39, 0.29) is 6.10 Å². The van der Waals surface area contributed by atoms with Gasteiger partial charge in [0.1, 0.15) is 11.6 Å². The van der Waals surface area contributed by atoms with Crippen LogP contribution >= 0.6 is 0 Å². The summed E-state index contributed by atoms with van der Waals surface area (Å²) in [4.78, 5) is 6.83. The third kappa shape index (κ3) is 4.02. The average Bonchev–Trinajstić information content (AvgIpc) is 2.78. The van der Waals surface area contributed by atoms with Gasteiger partial charge in [0, 0.05) is 26.2 Å². The van der Waals surface area contributed by atoms with Crippen LogP contribution in [0.25, 0.3) is 0 Å². The minimum absolute atomic E-state index is 0.196. The van der Waals surface area contributed by atoms with Crippen molar-refractivity contribution in [1.82, 2.24) is 19.7 Å². The lowest BCUT2D eigenvalue weighted by Gasteiger charge is -2.36. The summed E-state index contributed by atoms with van der Waals surface area (Å²) in [5, 5.41) is 4.43. The zero-order valence-corrected chi connectivity index (χ0v) is 13.1. The van der Waals surface area contributed by atoms with Crippen molar-refractivity contribution < 1.29 is 9.47 Å². The van der Waals surface area contributed by atoms with Crippen molar-refractivity contribution in [1.29, 1.82) is 0 Å². The van der Waals surface area contributed by atoms with Gasteiger partial charge < -0.3 is 9.47 Å². The summed E-state index contributed by atoms with van der Waals surface area (Å²) in [5.41, 5.74) is 0. The van der Waals surface area contributed by atoms with E-state index in [1.807, 2.05) is 18.5 Å². The highest BCUT2D eigenvalue weighted by molar-refractivity contribution is 4.88. The molecule has 6 heteroatoms. The SMILES string of the molecule is Cc1nc(C)n(C[C@@H]2CN(C[C@H]3CCCCO3)CCO2)n1. The number of morpholine rings is 1. The third-order valence-electron chi connectivity index (χ3n) is 4.30. The van der Waals surface area contributed by atoms with Crippen molar-refractivity contribution >= 4 is 0 Å². The molecule has 0 unspecified atom stereocenters. The zero-order valence-electron chi connectivity index (χ0n) is 13.1. The van der Waals surface area contributed by atoms with Gasteiger partial charge in [0.25, 0.3) is 0 Å². The Morgan fingerprint density at radius 1 is 1.10 bits per heavy atom. The third-order valence-corrected chi connectivity index (χ3v) is 4.30. The van der Waals surface area contributed by atoms with Gasteiger partial charge in [-0.05, 0) is 33.1 Å². The molecule has 3 heterocycles. The van der Waals surface area contributed by atoms with E-state index in [9.17, 15) is 0 Å². The highest BCUT2D eigenvalue weighted by Crippen LogP contribution is 2.16. The average molecular weight is 294 g/mol. The first kappa shape index (κ1) is 14.9. The van der Waals surface area contributed by atoms with Crippen molar-refractivity contribution in [2.45, 2.75) is 51.9 Å². The van der Waals surface area contributed by atoms with Crippen LogP contribution in [-0.4, -0.2) is 64.7 Å². The van der Waals surface area contributed by atoms with Crippen LogP contribution in [0.15, 0.2) is 0 Å². The first-order valence-corrected chi connectivity index (χ1v) is 8.04. The molecule has 2 fully saturated rings. The van der Waals surface area contributed by atoms with Crippen molar-refractivity contribution in [3.05, 3.63) is 11.6 Å². The molecule has 0 radical (unpaired) electrons. The first-order valence-electron chi connectivity index (χ1n) is 8.04. The van der Waals surface area contributed by atoms with Crippen molar-refractivity contribution in [3.8, 4) is 0 Å². The maximum atomic E-state index is 5.89. The van der Waals surface area contributed by atoms with Crippen LogP contribution in [0.5, 0.6) is 0 Å². The number of ether oxygens (including phenoxy) is 2. The maximum absolute atomic E-state index is 5.89. The van der Waals surface area contributed by atoms with Crippen LogP contribution in [0, 0.1) is 13.8 Å². The largest absolute Gasteiger partial charge is 0.377 e. The summed E-state index contributed by atoms with van der Waals surface area (Å²) in [7, 11) is 0. The lowest BCUT2D eigenvalue weighted by atomic mass is 10.1. The predicted molar refractivity (Wildman–Crippen MR) is 79.3 cm³/mol. The van der Waals surface area contributed by atoms with E-state index in [1.165, 1.54) is 19.3 Å². The van der Waals surface area contributed by atoms with Gasteiger partial charge in [-0.3, -0.25) is 4.90 Å². The molecule has 0 amide bonds. The Balaban J connectivity index is 1.51. The second-order valence-electron chi connectivity index (χ2n) is 6.13. The highest BCUT2D eigenvalue weighted by Gasteiger charge is 2.25. The van der Waals surface area contributed by atoms with E-state index in [0.29, 0.717) is 6.10 Å². The van der Waals surface area contributed by atoms with Crippen LogP contribution in [0.1, 0.15) is 30.9 Å². The molecule has 0 spiro atoms. The molecule has 2 aliphatic rings. The molecular weight excluding hydrogens is 268 g/mol. The summed E-state index contributed by atoms with van der Waals surface area (Å²) in [6.07, 6.45) is 4.32. The summed E-state index contributed by atoms with van der Waals surface area (Å²) in [6.45, 7) is 9.43. The topological polar surface area (TPSA) is 52.4 Å². The fraction of sp³-hybridized carbons (Fsp3) is 0.867. The molecule has 3 rings (SSSR count). The number of hydrogen-bond donors (Lipinski definition) is 0. The van der Waals surface area contributed by atoms with Crippen LogP contribution in [0.2, 0.25) is 0 Å². The first-order chi connectivity index (χ1) is 10.2. The molecule has 2 atom stereocenters. The van der Waals surface area contributed by atoms with E-state index in [2.05, 4.69) is 15.0 Å². The number of rotatable bonds is 4. The Morgan fingerprint density at radius 2 is 1.95 bits per heavy atom. The Kier molecular flexibility index (Phi) is 4.87. The van der Waals surface area contributed by atoms with Gasteiger partial charge in [-0.25, -0.2) is 9.67 Å². The van der Waals surface area contributed by atoms with E-state index >= 15 is 0 Å². The molecule has 1 aromatic heterocycles. The van der Waals surface area contributed by atoms with Gasteiger partial charge in [-0.15, -0.1) is 0 Å². The predicted octanol–water partition coefficient (Wildman–Crippen LogP) is 1.16. The molecule has 0 saturated carbocycles. The van der Waals surface area contributed by atoms with Crippen LogP contribution < -0.4 is 0 Å². The minimum atomic E-state index is 0.196. The second kappa shape index (κ2) is 6.85. The molecule has 6 nitrogen and oxygen atoms in total. The quantitative estimate of drug-likeness (QED) is 0.834. The maximum Gasteiger partial charge on any atom is 0.147 e. The van der Waals surface area contributed by atoms with Gasteiger partial charge >= 0.3 is 0 Å². The summed E-state index contributed by atoms with van der Waals surface area (Å²) in [5.74, 6) is 1.79. The van der Waals surface area contributed by atoms with Gasteiger partial charge in [-0.2, -0.15) is 5.10 Å². The number of aromatic nitrogens is 3. The molecule has 21 heavy (non-hydrogen) atoms. The fourth-order valence-electron chi connectivity index (χ4n) is 3.22. The molecule has 1 aromatic rings. The minimum Gasteiger partial charge on any atom is -0.377 e. The van der Waals surface area contributed by atoms with E-state index in [0.717, 1.165) is 51.0 Å². The summed E-state index contributed by atoms with van der Waals surface area (Å²) < 4.78 is 13.7. The van der Waals surface area contributed by atoms with Crippen LogP contribution in [0.4, 0.5) is 0 Å². The van der Waals surface area contributed by atoms with Crippen molar-refractivity contribution in [2.75, 3.05) is 32.8 Å². The molecule has 0 aromatic carbocycles. The Hall–Kier alpha value is -0.980. The van der Waals surface area contributed by atoms with E-state index < -0.39 is 0 Å². The standard InChI is InChI=1S/C15H26N4O2/c1-12-16-13(2)19(17-12)11-15-10-18(6-8-21-15)9-14-5-3-4-7-20-14/h14-15H,3-11H2,1-2H3/t14-,15+/m1/s1. The Morgan fingerprint density at radius 3 is 2.67 bits per heavy atom. The molecule has 0 N–H and O–H groups in total. The van der Waals surface area contributed by atoms with Crippen LogP contribution in [-0.2, 0) is 16.0 Å². The Bertz CT molecular complexity index is 457. The Labute approximate surface area is 126 Å². The lowest BCUT2D eigenvalue weighted by Crippen LogP contribution is -2.47. The lowest BCUT2D eigenvalue weighted by molar-refractivity contribution is -0.0652. The molecular formula is C15H26N4O2. The molecule has 0 aliphatic carbocycles. The van der Waals surface area contributed by atoms with Crippen molar-refractivity contribution in [2.24, 2.45) is 0 Å². The fourth-order valence-corrected chi connectivity index (χ4v) is 3.22. The smallest absolute Gasteiger partial charge is 0.147 e. The highest BCUT2D eigenvalue weighted by atomic mass is 16.5. The second-order valence-corrected chi connectivity index (χ2v) is 6.13. The normalized spacial score (nSPS) is 27.9. The summed E-state index contributed by atoms with van der Waals surface area (Å²) in [6, 6.07) is 0. The van der Waals surface area contributed by atoms with E-state index in [4.69, 9.17) is 9.47 Å². The van der Waals surface area contributed by atoms with E-state index in [1.54, 1.807) is 0 Å². The van der Waals surface area contributed by atoms with Gasteiger partial charge in [0.15, 0.2) is 0 Å².